The van der Waals surface area contributed by atoms with Gasteiger partial charge in [0.2, 0.25) is 5.91 Å². The van der Waals surface area contributed by atoms with Crippen molar-refractivity contribution in [1.82, 2.24) is 4.84 Å². The van der Waals surface area contributed by atoms with Gasteiger partial charge in [0.15, 0.2) is 0 Å². The van der Waals surface area contributed by atoms with Crippen LogP contribution in [0.5, 0.6) is 0 Å². The quantitative estimate of drug-likeness (QED) is 0.699. The second-order valence-corrected chi connectivity index (χ2v) is 2.78. The van der Waals surface area contributed by atoms with E-state index in [1.807, 2.05) is 37.3 Å². The molecule has 1 amide bonds. The number of carbonyl (C=O) groups is 1. The molecule has 0 aliphatic carbocycles. The highest BCUT2D eigenvalue weighted by atomic mass is 35.5. The fourth-order valence-corrected chi connectivity index (χ4v) is 1.14. The second-order valence-electron chi connectivity index (χ2n) is 2.59. The number of hydrogen-bond acceptors (Lipinski definition) is 1. The average Bonchev–Trinajstić information content (AvgIpc) is 2.17. The second kappa shape index (κ2) is 4.12. The Labute approximate surface area is 76.7 Å². The van der Waals surface area contributed by atoms with E-state index in [9.17, 15) is 4.79 Å². The van der Waals surface area contributed by atoms with Crippen LogP contribution in [0.2, 0.25) is 0 Å². The maximum absolute atomic E-state index is 11.1. The summed E-state index contributed by atoms with van der Waals surface area (Å²) in [5.41, 5.74) is 0.968. The van der Waals surface area contributed by atoms with E-state index in [0.717, 1.165) is 5.56 Å². The molecule has 1 aromatic carbocycles. The summed E-state index contributed by atoms with van der Waals surface area (Å²) in [7, 11) is 0. The van der Waals surface area contributed by atoms with Gasteiger partial charge >= 0.3 is 0 Å². The summed E-state index contributed by atoms with van der Waals surface area (Å²) >= 11 is 5.20. The number of halogens is 1. The Kier molecular flexibility index (Phi) is 3.11. The minimum Gasteiger partial charge on any atom is -0.273 e. The third-order valence-electron chi connectivity index (χ3n) is 1.79. The van der Waals surface area contributed by atoms with E-state index >= 15 is 0 Å². The molecule has 64 valence electrons. The van der Waals surface area contributed by atoms with Crippen molar-refractivity contribution in [2.45, 2.75) is 12.8 Å². The van der Waals surface area contributed by atoms with Crippen LogP contribution in [-0.4, -0.2) is 5.91 Å². The number of amides is 1. The number of rotatable bonds is 2. The van der Waals surface area contributed by atoms with E-state index in [0.29, 0.717) is 0 Å². The van der Waals surface area contributed by atoms with Crippen LogP contribution in [-0.2, 0) is 4.79 Å². The van der Waals surface area contributed by atoms with E-state index in [4.69, 9.17) is 11.8 Å². The van der Waals surface area contributed by atoms with Gasteiger partial charge in [0.25, 0.3) is 0 Å². The Hall–Kier alpha value is -1.02. The topological polar surface area (TPSA) is 29.1 Å². The van der Waals surface area contributed by atoms with E-state index in [1.165, 1.54) is 0 Å². The van der Waals surface area contributed by atoms with Crippen molar-refractivity contribution in [2.75, 3.05) is 0 Å². The fraction of sp³-hybridized carbons (Fsp3) is 0.222. The predicted molar refractivity (Wildman–Crippen MR) is 48.9 cm³/mol. The zero-order valence-corrected chi connectivity index (χ0v) is 7.51. The molecule has 0 saturated carbocycles. The third-order valence-corrected chi connectivity index (χ3v) is 1.97. The van der Waals surface area contributed by atoms with E-state index in [2.05, 4.69) is 4.84 Å². The van der Waals surface area contributed by atoms with Gasteiger partial charge in [0, 0.05) is 11.8 Å². The smallest absolute Gasteiger partial charge is 0.241 e. The van der Waals surface area contributed by atoms with Crippen LogP contribution in [0.15, 0.2) is 30.3 Å². The number of nitrogens with one attached hydrogen (secondary N) is 1. The Morgan fingerprint density at radius 2 is 2.00 bits per heavy atom. The van der Waals surface area contributed by atoms with Gasteiger partial charge in [-0.05, 0) is 12.5 Å². The van der Waals surface area contributed by atoms with Crippen LogP contribution < -0.4 is 4.84 Å². The van der Waals surface area contributed by atoms with Crippen molar-refractivity contribution in [3.63, 3.8) is 0 Å². The molecule has 2 nitrogen and oxygen atoms in total. The Balaban J connectivity index is 2.78. The summed E-state index contributed by atoms with van der Waals surface area (Å²) in [6.45, 7) is 1.81. The molecule has 12 heavy (non-hydrogen) atoms. The van der Waals surface area contributed by atoms with E-state index < -0.39 is 0 Å². The molecule has 1 N–H and O–H groups in total. The van der Waals surface area contributed by atoms with Crippen LogP contribution in [0, 0.1) is 0 Å². The monoisotopic (exact) mass is 183 g/mol. The summed E-state index contributed by atoms with van der Waals surface area (Å²) in [6.07, 6.45) is 0. The lowest BCUT2D eigenvalue weighted by atomic mass is 10.0. The largest absolute Gasteiger partial charge is 0.273 e. The van der Waals surface area contributed by atoms with Crippen LogP contribution in [0.25, 0.3) is 0 Å². The molecule has 0 saturated heterocycles. The van der Waals surface area contributed by atoms with Crippen LogP contribution in [0.3, 0.4) is 0 Å². The summed E-state index contributed by atoms with van der Waals surface area (Å²) in [5, 5.41) is 0. The zero-order valence-electron chi connectivity index (χ0n) is 6.75. The highest BCUT2D eigenvalue weighted by Crippen LogP contribution is 2.14. The van der Waals surface area contributed by atoms with Crippen LogP contribution in [0.4, 0.5) is 0 Å². The number of benzene rings is 1. The lowest BCUT2D eigenvalue weighted by molar-refractivity contribution is -0.120. The predicted octanol–water partition coefficient (Wildman–Crippen LogP) is 2.06. The highest BCUT2D eigenvalue weighted by Gasteiger charge is 2.12. The molecule has 0 aromatic heterocycles. The zero-order chi connectivity index (χ0) is 8.97. The van der Waals surface area contributed by atoms with Gasteiger partial charge in [-0.2, -0.15) is 0 Å². The Morgan fingerprint density at radius 1 is 1.42 bits per heavy atom. The van der Waals surface area contributed by atoms with Gasteiger partial charge in [-0.3, -0.25) is 9.63 Å². The van der Waals surface area contributed by atoms with Crippen LogP contribution in [0.1, 0.15) is 18.4 Å². The van der Waals surface area contributed by atoms with Crippen molar-refractivity contribution >= 4 is 17.7 Å². The van der Waals surface area contributed by atoms with Gasteiger partial charge in [0.05, 0.1) is 5.92 Å². The molecule has 0 bridgehead atoms. The first kappa shape index (κ1) is 9.07. The summed E-state index contributed by atoms with van der Waals surface area (Å²) in [6, 6.07) is 9.50. The first-order valence-corrected chi connectivity index (χ1v) is 4.09. The molecule has 0 heterocycles. The lowest BCUT2D eigenvalue weighted by Gasteiger charge is -2.07. The van der Waals surface area contributed by atoms with Crippen molar-refractivity contribution < 1.29 is 4.79 Å². The van der Waals surface area contributed by atoms with Gasteiger partial charge < -0.3 is 0 Å². The Bertz CT molecular complexity index is 260. The summed E-state index contributed by atoms with van der Waals surface area (Å²) in [5.74, 6) is -0.369. The highest BCUT2D eigenvalue weighted by molar-refractivity contribution is 6.22. The summed E-state index contributed by atoms with van der Waals surface area (Å²) < 4.78 is 0. The normalized spacial score (nSPS) is 12.2. The van der Waals surface area contributed by atoms with E-state index in [1.54, 1.807) is 0 Å². The molecular formula is C9H10ClNO. The van der Waals surface area contributed by atoms with Gasteiger partial charge in [-0.1, -0.05) is 30.3 Å². The Morgan fingerprint density at radius 3 is 2.50 bits per heavy atom. The van der Waals surface area contributed by atoms with Gasteiger partial charge in [-0.25, -0.2) is 0 Å². The average molecular weight is 184 g/mol. The molecule has 1 atom stereocenters. The summed E-state index contributed by atoms with van der Waals surface area (Å²) in [4.78, 5) is 13.2. The van der Waals surface area contributed by atoms with Gasteiger partial charge in [0.1, 0.15) is 0 Å². The van der Waals surface area contributed by atoms with Crippen molar-refractivity contribution in [3.05, 3.63) is 35.9 Å². The van der Waals surface area contributed by atoms with Crippen molar-refractivity contribution in [3.8, 4) is 0 Å². The molecule has 0 radical (unpaired) electrons. The number of carbonyl (C=O) groups excluding carboxylic acids is 1. The molecular weight excluding hydrogens is 174 g/mol. The third kappa shape index (κ3) is 1.98. The lowest BCUT2D eigenvalue weighted by Crippen LogP contribution is -2.19. The molecule has 3 heteroatoms. The number of hydrogen-bond donors (Lipinski definition) is 1. The van der Waals surface area contributed by atoms with Crippen LogP contribution >= 0.6 is 11.8 Å². The SMILES string of the molecule is CC(C(=O)NCl)c1ccccc1. The molecule has 0 aliphatic heterocycles. The van der Waals surface area contributed by atoms with Crippen molar-refractivity contribution in [2.24, 2.45) is 0 Å². The molecule has 1 aromatic rings. The minimum absolute atomic E-state index is 0.178. The van der Waals surface area contributed by atoms with Crippen molar-refractivity contribution in [1.29, 1.82) is 0 Å². The first-order valence-electron chi connectivity index (χ1n) is 3.71. The molecule has 1 rings (SSSR count). The molecule has 1 unspecified atom stereocenters. The van der Waals surface area contributed by atoms with E-state index in [-0.39, 0.29) is 11.8 Å². The molecule has 0 fully saturated rings. The first-order chi connectivity index (χ1) is 5.75. The fourth-order valence-electron chi connectivity index (χ4n) is 0.975. The molecule has 0 spiro atoms. The van der Waals surface area contributed by atoms with Gasteiger partial charge in [-0.15, -0.1) is 0 Å². The molecule has 0 aliphatic rings. The maximum Gasteiger partial charge on any atom is 0.241 e. The minimum atomic E-state index is -0.191. The maximum atomic E-state index is 11.1. The standard InChI is InChI=1S/C9H10ClNO/c1-7(9(12)11-10)8-5-3-2-4-6-8/h2-7H,1H3,(H,11,12).